The molecule has 0 spiro atoms. The van der Waals surface area contributed by atoms with E-state index in [2.05, 4.69) is 26.0 Å². The van der Waals surface area contributed by atoms with Crippen molar-refractivity contribution in [2.75, 3.05) is 19.0 Å². The van der Waals surface area contributed by atoms with Crippen molar-refractivity contribution in [2.45, 2.75) is 6.61 Å². The Balaban J connectivity index is 2.00. The van der Waals surface area contributed by atoms with Crippen LogP contribution in [-0.2, 0) is 4.79 Å². The lowest BCUT2D eigenvalue weighted by Gasteiger charge is -2.12. The van der Waals surface area contributed by atoms with Crippen molar-refractivity contribution < 1.29 is 32.2 Å². The molecule has 1 N–H and O–H groups in total. The molecule has 134 valence electrons. The summed E-state index contributed by atoms with van der Waals surface area (Å²) < 4.78 is 53.2. The second kappa shape index (κ2) is 8.61. The predicted molar refractivity (Wildman–Crippen MR) is 87.9 cm³/mol. The van der Waals surface area contributed by atoms with E-state index in [-0.39, 0.29) is 22.9 Å². The zero-order chi connectivity index (χ0) is 18.4. The van der Waals surface area contributed by atoms with Gasteiger partial charge in [0.25, 0.3) is 5.91 Å². The molecule has 9 heteroatoms. The van der Waals surface area contributed by atoms with Crippen LogP contribution in [0.15, 0.2) is 40.9 Å². The smallest absolute Gasteiger partial charge is 0.387 e. The van der Waals surface area contributed by atoms with Gasteiger partial charge in [-0.1, -0.05) is 15.9 Å². The molecule has 1 amide bonds. The molecular weight excluding hydrogens is 407 g/mol. The van der Waals surface area contributed by atoms with Crippen LogP contribution in [0, 0.1) is 5.82 Å². The molecule has 5 nitrogen and oxygen atoms in total. The molecule has 0 aliphatic heterocycles. The number of hydrogen-bond acceptors (Lipinski definition) is 4. The van der Waals surface area contributed by atoms with E-state index in [0.717, 1.165) is 0 Å². The Bertz CT molecular complexity index is 758. The first kappa shape index (κ1) is 18.9. The summed E-state index contributed by atoms with van der Waals surface area (Å²) in [5.74, 6) is -1.45. The van der Waals surface area contributed by atoms with Gasteiger partial charge >= 0.3 is 6.61 Å². The predicted octanol–water partition coefficient (Wildman–Crippen LogP) is 4.22. The van der Waals surface area contributed by atoms with Gasteiger partial charge in [0.15, 0.2) is 29.7 Å². The van der Waals surface area contributed by atoms with Crippen LogP contribution in [0.4, 0.5) is 18.9 Å². The number of nitrogens with one attached hydrogen (secondary N) is 1. The molecule has 0 atom stereocenters. The number of hydrogen-bond donors (Lipinski definition) is 1. The van der Waals surface area contributed by atoms with Gasteiger partial charge in [0.05, 0.1) is 7.11 Å². The highest BCUT2D eigenvalue weighted by Crippen LogP contribution is 2.31. The monoisotopic (exact) mass is 419 g/mol. The minimum Gasteiger partial charge on any atom is -0.493 e. The number of alkyl halides is 2. The molecule has 0 radical (unpaired) electrons. The second-order valence-electron chi connectivity index (χ2n) is 4.66. The third-order valence-corrected chi connectivity index (χ3v) is 3.41. The van der Waals surface area contributed by atoms with Crippen LogP contribution in [0.5, 0.6) is 17.2 Å². The highest BCUT2D eigenvalue weighted by atomic mass is 79.9. The highest BCUT2D eigenvalue weighted by molar-refractivity contribution is 9.10. The molecule has 0 fully saturated rings. The van der Waals surface area contributed by atoms with Gasteiger partial charge < -0.3 is 19.5 Å². The van der Waals surface area contributed by atoms with Crippen molar-refractivity contribution >= 4 is 27.5 Å². The van der Waals surface area contributed by atoms with Gasteiger partial charge in [0.1, 0.15) is 0 Å². The van der Waals surface area contributed by atoms with E-state index in [1.165, 1.54) is 37.4 Å². The van der Waals surface area contributed by atoms with Crippen LogP contribution in [0.2, 0.25) is 0 Å². The van der Waals surface area contributed by atoms with Gasteiger partial charge in [-0.05, 0) is 30.3 Å². The largest absolute Gasteiger partial charge is 0.493 e. The van der Waals surface area contributed by atoms with Crippen molar-refractivity contribution in [3.8, 4) is 17.2 Å². The fraction of sp³-hybridized carbons (Fsp3) is 0.188. The molecule has 2 rings (SSSR count). The van der Waals surface area contributed by atoms with Gasteiger partial charge in [0, 0.05) is 16.2 Å². The summed E-state index contributed by atoms with van der Waals surface area (Å²) in [4.78, 5) is 11.9. The summed E-state index contributed by atoms with van der Waals surface area (Å²) in [6.45, 7) is -3.50. The Kier molecular flexibility index (Phi) is 6.51. The zero-order valence-corrected chi connectivity index (χ0v) is 14.5. The van der Waals surface area contributed by atoms with Crippen LogP contribution >= 0.6 is 15.9 Å². The first-order valence-corrected chi connectivity index (χ1v) is 7.69. The SMILES string of the molecule is COc1ccc(NC(=O)COc2ccc(Br)cc2F)cc1OC(F)F. The Hall–Kier alpha value is -2.42. The number of ether oxygens (including phenoxy) is 3. The van der Waals surface area contributed by atoms with Gasteiger partial charge in [-0.15, -0.1) is 0 Å². The average Bonchev–Trinajstić information content (AvgIpc) is 2.54. The molecule has 2 aromatic rings. The maximum atomic E-state index is 13.6. The topological polar surface area (TPSA) is 56.8 Å². The van der Waals surface area contributed by atoms with Crippen LogP contribution in [0.1, 0.15) is 0 Å². The molecule has 25 heavy (non-hydrogen) atoms. The van der Waals surface area contributed by atoms with Gasteiger partial charge in [-0.2, -0.15) is 8.78 Å². The van der Waals surface area contributed by atoms with E-state index >= 15 is 0 Å². The summed E-state index contributed by atoms with van der Waals surface area (Å²) >= 11 is 3.11. The summed E-state index contributed by atoms with van der Waals surface area (Å²) in [6.07, 6.45) is 0. The Morgan fingerprint density at radius 1 is 1.16 bits per heavy atom. The first-order valence-electron chi connectivity index (χ1n) is 6.89. The molecular formula is C16H13BrF3NO4. The number of methoxy groups -OCH3 is 1. The fourth-order valence-electron chi connectivity index (χ4n) is 1.88. The lowest BCUT2D eigenvalue weighted by atomic mass is 10.2. The van der Waals surface area contributed by atoms with Crippen LogP contribution in [-0.4, -0.2) is 26.2 Å². The zero-order valence-electron chi connectivity index (χ0n) is 12.9. The molecule has 0 aromatic heterocycles. The summed E-state index contributed by atoms with van der Waals surface area (Å²) in [5, 5.41) is 2.43. The quantitative estimate of drug-likeness (QED) is 0.729. The number of benzene rings is 2. The first-order chi connectivity index (χ1) is 11.9. The van der Waals surface area contributed by atoms with E-state index in [9.17, 15) is 18.0 Å². The van der Waals surface area contributed by atoms with Crippen LogP contribution in [0.3, 0.4) is 0 Å². The average molecular weight is 420 g/mol. The molecule has 2 aromatic carbocycles. The van der Waals surface area contributed by atoms with Crippen molar-refractivity contribution in [3.63, 3.8) is 0 Å². The van der Waals surface area contributed by atoms with E-state index in [1.807, 2.05) is 0 Å². The molecule has 0 unspecified atom stereocenters. The molecule has 0 heterocycles. The van der Waals surface area contributed by atoms with Gasteiger partial charge in [-0.25, -0.2) is 4.39 Å². The van der Waals surface area contributed by atoms with E-state index < -0.39 is 24.9 Å². The van der Waals surface area contributed by atoms with Crippen LogP contribution in [0.25, 0.3) is 0 Å². The summed E-state index contributed by atoms with van der Waals surface area (Å²) in [5.41, 5.74) is 0.196. The van der Waals surface area contributed by atoms with Crippen molar-refractivity contribution in [1.82, 2.24) is 0 Å². The Morgan fingerprint density at radius 2 is 1.88 bits per heavy atom. The standard InChI is InChI=1S/C16H13BrF3NO4/c1-23-13-5-3-10(7-14(13)25-16(19)20)21-15(22)8-24-12-4-2-9(17)6-11(12)18/h2-7,16H,8H2,1H3,(H,21,22). The molecule has 0 saturated heterocycles. The highest BCUT2D eigenvalue weighted by Gasteiger charge is 2.13. The number of rotatable bonds is 7. The second-order valence-corrected chi connectivity index (χ2v) is 5.57. The van der Waals surface area contributed by atoms with E-state index in [0.29, 0.717) is 4.47 Å². The number of carbonyl (C=O) groups excluding carboxylic acids is 1. The number of anilines is 1. The van der Waals surface area contributed by atoms with Crippen molar-refractivity contribution in [2.24, 2.45) is 0 Å². The summed E-state index contributed by atoms with van der Waals surface area (Å²) in [7, 11) is 1.30. The third-order valence-electron chi connectivity index (χ3n) is 2.92. The third kappa shape index (κ3) is 5.56. The molecule has 0 bridgehead atoms. The Labute approximate surface area is 149 Å². The molecule has 0 aliphatic rings. The molecule has 0 saturated carbocycles. The van der Waals surface area contributed by atoms with Gasteiger partial charge in [-0.3, -0.25) is 4.79 Å². The minimum absolute atomic E-state index is 0.0881. The summed E-state index contributed by atoms with van der Waals surface area (Å²) in [6, 6.07) is 8.12. The fourth-order valence-corrected chi connectivity index (χ4v) is 2.21. The van der Waals surface area contributed by atoms with Crippen molar-refractivity contribution in [1.29, 1.82) is 0 Å². The number of amides is 1. The Morgan fingerprint density at radius 3 is 2.52 bits per heavy atom. The number of carbonyl (C=O) groups is 1. The maximum absolute atomic E-state index is 13.6. The molecule has 0 aliphatic carbocycles. The minimum atomic E-state index is -3.04. The lowest BCUT2D eigenvalue weighted by molar-refractivity contribution is -0.118. The maximum Gasteiger partial charge on any atom is 0.387 e. The normalized spacial score (nSPS) is 10.5. The van der Waals surface area contributed by atoms with Gasteiger partial charge in [0.2, 0.25) is 0 Å². The van der Waals surface area contributed by atoms with Crippen LogP contribution < -0.4 is 19.5 Å². The van der Waals surface area contributed by atoms with E-state index in [4.69, 9.17) is 9.47 Å². The van der Waals surface area contributed by atoms with E-state index in [1.54, 1.807) is 6.07 Å². The number of halogens is 4. The van der Waals surface area contributed by atoms with Crippen molar-refractivity contribution in [3.05, 3.63) is 46.7 Å². The lowest BCUT2D eigenvalue weighted by Crippen LogP contribution is -2.20.